The molecule has 0 aliphatic rings. The fraction of sp³-hybridized carbons (Fsp3) is 0.222. The number of hydrogen-bond donors (Lipinski definition) is 1. The van der Waals surface area contributed by atoms with Crippen LogP contribution < -0.4 is 5.32 Å². The largest absolute Gasteiger partial charge is 0.462 e. The van der Waals surface area contributed by atoms with Crippen molar-refractivity contribution in [2.24, 2.45) is 0 Å². The van der Waals surface area contributed by atoms with E-state index in [0.717, 1.165) is 12.1 Å². The van der Waals surface area contributed by atoms with Gasteiger partial charge < -0.3 is 10.1 Å². The lowest BCUT2D eigenvalue weighted by atomic mass is 10.1. The van der Waals surface area contributed by atoms with Gasteiger partial charge in [0.25, 0.3) is 11.4 Å². The van der Waals surface area contributed by atoms with Crippen molar-refractivity contribution in [2.75, 3.05) is 11.9 Å². The SMILES string of the molecule is CCOC(=O)C(C#N)=CC(C)=CC(C)=CNc1ccc([N+](=O)[O-])cc1[N+](=O)[O-]. The van der Waals surface area contributed by atoms with Crippen LogP contribution in [0.25, 0.3) is 0 Å². The van der Waals surface area contributed by atoms with E-state index in [1.54, 1.807) is 32.9 Å². The van der Waals surface area contributed by atoms with Crippen LogP contribution in [0, 0.1) is 31.6 Å². The van der Waals surface area contributed by atoms with Gasteiger partial charge in [0.1, 0.15) is 17.3 Å². The molecule has 28 heavy (non-hydrogen) atoms. The monoisotopic (exact) mass is 386 g/mol. The Hall–Kier alpha value is -4.00. The van der Waals surface area contributed by atoms with Crippen LogP contribution in [-0.2, 0) is 9.53 Å². The lowest BCUT2D eigenvalue weighted by Crippen LogP contribution is -2.06. The van der Waals surface area contributed by atoms with Gasteiger partial charge in [-0.15, -0.1) is 0 Å². The van der Waals surface area contributed by atoms with Crippen molar-refractivity contribution in [3.05, 3.63) is 73.5 Å². The molecule has 0 aliphatic heterocycles. The van der Waals surface area contributed by atoms with Crippen molar-refractivity contribution in [1.82, 2.24) is 0 Å². The molecular weight excluding hydrogens is 368 g/mol. The van der Waals surface area contributed by atoms with Crippen LogP contribution in [0.4, 0.5) is 17.1 Å². The number of nitrogens with zero attached hydrogens (tertiary/aromatic N) is 3. The Morgan fingerprint density at radius 3 is 2.43 bits per heavy atom. The molecule has 0 spiro atoms. The molecule has 146 valence electrons. The number of nitriles is 1. The third-order valence-electron chi connectivity index (χ3n) is 3.29. The zero-order valence-electron chi connectivity index (χ0n) is 15.5. The molecule has 0 saturated heterocycles. The maximum absolute atomic E-state index is 11.6. The van der Waals surface area contributed by atoms with Crippen LogP contribution >= 0.6 is 0 Å². The molecule has 10 heteroatoms. The number of allylic oxidation sites excluding steroid dienone is 4. The molecular formula is C18H18N4O6. The number of non-ortho nitro benzene ring substituents is 1. The predicted molar refractivity (Wildman–Crippen MR) is 101 cm³/mol. The van der Waals surface area contributed by atoms with Crippen LogP contribution in [0.15, 0.2) is 53.3 Å². The molecule has 0 radical (unpaired) electrons. The Kier molecular flexibility index (Phi) is 8.05. The van der Waals surface area contributed by atoms with E-state index in [4.69, 9.17) is 10.00 Å². The maximum Gasteiger partial charge on any atom is 0.348 e. The highest BCUT2D eigenvalue weighted by Crippen LogP contribution is 2.29. The molecule has 1 aromatic carbocycles. The van der Waals surface area contributed by atoms with Crippen molar-refractivity contribution in [2.45, 2.75) is 20.8 Å². The highest BCUT2D eigenvalue weighted by atomic mass is 16.6. The van der Waals surface area contributed by atoms with E-state index < -0.39 is 21.5 Å². The van der Waals surface area contributed by atoms with E-state index in [9.17, 15) is 25.0 Å². The summed E-state index contributed by atoms with van der Waals surface area (Å²) in [4.78, 5) is 32.0. The number of rotatable bonds is 8. The second-order valence-corrected chi connectivity index (χ2v) is 5.53. The molecule has 0 heterocycles. The van der Waals surface area contributed by atoms with Gasteiger partial charge in [0.05, 0.1) is 22.5 Å². The smallest absolute Gasteiger partial charge is 0.348 e. The van der Waals surface area contributed by atoms with Crippen LogP contribution in [0.1, 0.15) is 20.8 Å². The molecule has 0 atom stereocenters. The van der Waals surface area contributed by atoms with Gasteiger partial charge in [-0.1, -0.05) is 6.08 Å². The number of hydrogen-bond acceptors (Lipinski definition) is 8. The van der Waals surface area contributed by atoms with Crippen LogP contribution in [0.3, 0.4) is 0 Å². The number of carbonyl (C=O) groups excluding carboxylic acids is 1. The molecule has 1 N–H and O–H groups in total. The van der Waals surface area contributed by atoms with E-state index in [2.05, 4.69) is 5.32 Å². The summed E-state index contributed by atoms with van der Waals surface area (Å²) in [6, 6.07) is 5.03. The summed E-state index contributed by atoms with van der Waals surface area (Å²) >= 11 is 0. The van der Waals surface area contributed by atoms with Gasteiger partial charge in [0.15, 0.2) is 0 Å². The van der Waals surface area contributed by atoms with Crippen molar-refractivity contribution in [3.63, 3.8) is 0 Å². The quantitative estimate of drug-likeness (QED) is 0.177. The first-order chi connectivity index (χ1) is 13.2. The average molecular weight is 386 g/mol. The van der Waals surface area contributed by atoms with Gasteiger partial charge in [-0.25, -0.2) is 4.79 Å². The molecule has 1 rings (SSSR count). The van der Waals surface area contributed by atoms with Gasteiger partial charge in [-0.05, 0) is 44.1 Å². The average Bonchev–Trinajstić information content (AvgIpc) is 2.64. The number of esters is 1. The Balaban J connectivity index is 3.05. The van der Waals surface area contributed by atoms with Crippen molar-refractivity contribution >= 4 is 23.0 Å². The summed E-state index contributed by atoms with van der Waals surface area (Å²) in [5.74, 6) is -0.723. The fourth-order valence-corrected chi connectivity index (χ4v) is 2.11. The number of anilines is 1. The third kappa shape index (κ3) is 6.38. The number of nitro groups is 2. The maximum atomic E-state index is 11.6. The highest BCUT2D eigenvalue weighted by Gasteiger charge is 2.18. The molecule has 0 amide bonds. The summed E-state index contributed by atoms with van der Waals surface area (Å²) in [7, 11) is 0. The number of ether oxygens (including phenoxy) is 1. The topological polar surface area (TPSA) is 148 Å². The normalized spacial score (nSPS) is 12.1. The van der Waals surface area contributed by atoms with E-state index in [0.29, 0.717) is 11.1 Å². The van der Waals surface area contributed by atoms with Crippen LogP contribution in [0.2, 0.25) is 0 Å². The molecule has 0 fully saturated rings. The number of benzene rings is 1. The second-order valence-electron chi connectivity index (χ2n) is 5.53. The summed E-state index contributed by atoms with van der Waals surface area (Å²) < 4.78 is 4.77. The van der Waals surface area contributed by atoms with E-state index in [1.165, 1.54) is 18.3 Å². The Labute approximate surface area is 160 Å². The first kappa shape index (κ1) is 22.0. The van der Waals surface area contributed by atoms with Gasteiger partial charge in [0, 0.05) is 12.3 Å². The zero-order valence-corrected chi connectivity index (χ0v) is 15.5. The number of nitrogens with one attached hydrogen (secondary N) is 1. The fourth-order valence-electron chi connectivity index (χ4n) is 2.11. The minimum absolute atomic E-state index is 0.0841. The lowest BCUT2D eigenvalue weighted by Gasteiger charge is -2.04. The molecule has 0 aliphatic carbocycles. The summed E-state index contributed by atoms with van der Waals surface area (Å²) in [5.41, 5.74) is 0.318. The summed E-state index contributed by atoms with van der Waals surface area (Å²) in [5, 5.41) is 33.6. The predicted octanol–water partition coefficient (Wildman–Crippen LogP) is 3.78. The Bertz CT molecular complexity index is 924. The first-order valence-corrected chi connectivity index (χ1v) is 8.03. The minimum atomic E-state index is -0.723. The molecule has 0 saturated carbocycles. The molecule has 0 aromatic heterocycles. The van der Waals surface area contributed by atoms with Crippen molar-refractivity contribution in [3.8, 4) is 6.07 Å². The van der Waals surface area contributed by atoms with Gasteiger partial charge >= 0.3 is 5.97 Å². The molecule has 0 bridgehead atoms. The number of nitro benzene ring substituents is 2. The van der Waals surface area contributed by atoms with E-state index in [1.807, 2.05) is 0 Å². The Morgan fingerprint density at radius 2 is 1.89 bits per heavy atom. The van der Waals surface area contributed by atoms with Crippen molar-refractivity contribution in [1.29, 1.82) is 5.26 Å². The van der Waals surface area contributed by atoms with Gasteiger partial charge in [-0.2, -0.15) is 5.26 Å². The number of carbonyl (C=O) groups is 1. The van der Waals surface area contributed by atoms with E-state index >= 15 is 0 Å². The lowest BCUT2D eigenvalue weighted by molar-refractivity contribution is -0.393. The summed E-state index contributed by atoms with van der Waals surface area (Å²) in [6.07, 6.45) is 4.46. The molecule has 1 aromatic rings. The van der Waals surface area contributed by atoms with Crippen LogP contribution in [0.5, 0.6) is 0 Å². The van der Waals surface area contributed by atoms with Gasteiger partial charge in [-0.3, -0.25) is 20.2 Å². The third-order valence-corrected chi connectivity index (χ3v) is 3.29. The summed E-state index contributed by atoms with van der Waals surface area (Å²) in [6.45, 7) is 5.14. The standard InChI is InChI=1S/C18H18N4O6/c1-4-28-18(23)14(10-19)8-12(2)7-13(3)11-20-16-6-5-15(21(24)25)9-17(16)22(26)27/h5-9,11,20H,4H2,1-3H3. The minimum Gasteiger partial charge on any atom is -0.462 e. The zero-order chi connectivity index (χ0) is 21.3. The molecule has 10 nitrogen and oxygen atoms in total. The molecule has 0 unspecified atom stereocenters. The second kappa shape index (κ2) is 10.2. The van der Waals surface area contributed by atoms with E-state index in [-0.39, 0.29) is 23.6 Å². The first-order valence-electron chi connectivity index (χ1n) is 8.03. The highest BCUT2D eigenvalue weighted by molar-refractivity contribution is 5.93. The van der Waals surface area contributed by atoms with Crippen LogP contribution in [-0.4, -0.2) is 22.4 Å². The Morgan fingerprint density at radius 1 is 1.21 bits per heavy atom. The van der Waals surface area contributed by atoms with Crippen molar-refractivity contribution < 1.29 is 19.4 Å². The van der Waals surface area contributed by atoms with Gasteiger partial charge in [0.2, 0.25) is 0 Å².